The van der Waals surface area contributed by atoms with Crippen LogP contribution < -0.4 is 5.43 Å². The molecule has 3 rings (SSSR count). The first-order valence-electron chi connectivity index (χ1n) is 6.70. The summed E-state index contributed by atoms with van der Waals surface area (Å²) < 4.78 is 12.4. The lowest BCUT2D eigenvalue weighted by Gasteiger charge is -2.05. The lowest BCUT2D eigenvalue weighted by atomic mass is 10.2. The molecule has 2 heterocycles. The number of pyridine rings is 1. The number of rotatable bonds is 3. The average Bonchev–Trinajstić information content (AvgIpc) is 2.91. The van der Waals surface area contributed by atoms with E-state index in [4.69, 9.17) is 0 Å². The van der Waals surface area contributed by atoms with Crippen molar-refractivity contribution in [3.8, 4) is 5.75 Å². The predicted octanol–water partition coefficient (Wildman–Crippen LogP) is 1.88. The minimum atomic E-state index is -1.42. The van der Waals surface area contributed by atoms with Gasteiger partial charge in [0.25, 0.3) is 0 Å². The van der Waals surface area contributed by atoms with Crippen LogP contribution in [-0.4, -0.2) is 24.3 Å². The zero-order chi connectivity index (χ0) is 15.9. The van der Waals surface area contributed by atoms with E-state index in [-0.39, 0.29) is 16.9 Å². The van der Waals surface area contributed by atoms with Crippen molar-refractivity contribution < 1.29 is 9.32 Å². The van der Waals surface area contributed by atoms with Crippen LogP contribution >= 0.6 is 0 Å². The van der Waals surface area contributed by atoms with E-state index in [9.17, 15) is 14.1 Å². The zero-order valence-electron chi connectivity index (χ0n) is 12.1. The molecule has 0 spiro atoms. The Morgan fingerprint density at radius 2 is 2.09 bits per heavy atom. The van der Waals surface area contributed by atoms with Crippen molar-refractivity contribution in [3.05, 3.63) is 51.4 Å². The maximum atomic E-state index is 12.4. The molecule has 0 radical (unpaired) electrons. The smallest absolute Gasteiger partial charge is 0.197 e. The lowest BCUT2D eigenvalue weighted by molar-refractivity contribution is 0.476. The Kier molecular flexibility index (Phi) is 3.58. The number of aromatic amines is 2. The van der Waals surface area contributed by atoms with Crippen molar-refractivity contribution in [2.24, 2.45) is 0 Å². The minimum Gasteiger partial charge on any atom is -0.508 e. The van der Waals surface area contributed by atoms with E-state index in [1.165, 1.54) is 12.1 Å². The van der Waals surface area contributed by atoms with Gasteiger partial charge < -0.3 is 15.1 Å². The first kappa shape index (κ1) is 14.5. The number of aromatic hydroxyl groups is 1. The number of phenolic OH excluding ortho intramolecular Hbond substituents is 1. The number of nitrogens with one attached hydrogen (secondary N) is 2. The molecule has 0 bridgehead atoms. The monoisotopic (exact) mass is 317 g/mol. The van der Waals surface area contributed by atoms with E-state index < -0.39 is 10.8 Å². The van der Waals surface area contributed by atoms with E-state index in [0.29, 0.717) is 33.0 Å². The molecule has 0 saturated carbocycles. The van der Waals surface area contributed by atoms with Crippen molar-refractivity contribution in [2.45, 2.75) is 24.8 Å². The van der Waals surface area contributed by atoms with Crippen molar-refractivity contribution in [1.29, 1.82) is 0 Å². The minimum absolute atomic E-state index is 0.0414. The highest BCUT2D eigenvalue weighted by atomic mass is 32.2. The van der Waals surface area contributed by atoms with E-state index in [2.05, 4.69) is 15.0 Å². The van der Waals surface area contributed by atoms with E-state index in [1.54, 1.807) is 26.1 Å². The van der Waals surface area contributed by atoms with Crippen LogP contribution in [0.4, 0.5) is 0 Å². The number of phenols is 1. The number of benzene rings is 1. The third-order valence-corrected chi connectivity index (χ3v) is 4.72. The third-order valence-electron chi connectivity index (χ3n) is 3.55. The maximum Gasteiger partial charge on any atom is 0.197 e. The molecule has 0 aliphatic heterocycles. The fourth-order valence-electron chi connectivity index (χ4n) is 2.23. The molecule has 1 aromatic carbocycles. The predicted molar refractivity (Wildman–Crippen MR) is 84.4 cm³/mol. The van der Waals surface area contributed by atoms with Crippen LogP contribution in [-0.2, 0) is 16.6 Å². The molecule has 0 saturated heterocycles. The largest absolute Gasteiger partial charge is 0.508 e. The Hall–Kier alpha value is -2.41. The summed E-state index contributed by atoms with van der Waals surface area (Å²) in [4.78, 5) is 22.1. The van der Waals surface area contributed by atoms with Gasteiger partial charge in [0.1, 0.15) is 5.75 Å². The van der Waals surface area contributed by atoms with Gasteiger partial charge in [0.05, 0.1) is 27.6 Å². The molecule has 3 N–H and O–H groups in total. The molecule has 0 aliphatic carbocycles. The van der Waals surface area contributed by atoms with Crippen molar-refractivity contribution >= 4 is 21.8 Å². The Balaban J connectivity index is 1.93. The zero-order valence-corrected chi connectivity index (χ0v) is 13.0. The number of hydrogen-bond donors (Lipinski definition) is 3. The summed E-state index contributed by atoms with van der Waals surface area (Å²) in [5.41, 5.74) is 3.05. The molecule has 114 valence electrons. The Labute approximate surface area is 128 Å². The summed E-state index contributed by atoms with van der Waals surface area (Å²) in [6, 6.07) is 4.71. The van der Waals surface area contributed by atoms with Gasteiger partial charge in [-0.2, -0.15) is 0 Å². The first-order chi connectivity index (χ1) is 10.5. The molecule has 2 aromatic heterocycles. The second kappa shape index (κ2) is 5.42. The second-order valence-electron chi connectivity index (χ2n) is 5.14. The first-order valence-corrected chi connectivity index (χ1v) is 8.02. The molecule has 3 aromatic rings. The van der Waals surface area contributed by atoms with Crippen molar-refractivity contribution in [1.82, 2.24) is 15.0 Å². The topological polar surface area (TPSA) is 98.8 Å². The molecule has 1 atom stereocenters. The molecule has 0 amide bonds. The fraction of sp³-hybridized carbons (Fsp3) is 0.200. The normalized spacial score (nSPS) is 12.6. The van der Waals surface area contributed by atoms with Gasteiger partial charge in [0, 0.05) is 29.1 Å². The van der Waals surface area contributed by atoms with Gasteiger partial charge >= 0.3 is 0 Å². The van der Waals surface area contributed by atoms with Crippen molar-refractivity contribution in [2.75, 3.05) is 0 Å². The molecule has 6 nitrogen and oxygen atoms in total. The third kappa shape index (κ3) is 2.55. The van der Waals surface area contributed by atoms with Crippen LogP contribution in [0.25, 0.3) is 11.0 Å². The van der Waals surface area contributed by atoms with E-state index in [1.807, 2.05) is 0 Å². The summed E-state index contributed by atoms with van der Waals surface area (Å²) in [6.07, 6.45) is 1.62. The summed E-state index contributed by atoms with van der Waals surface area (Å²) in [6.45, 7) is 3.45. The number of aromatic nitrogens is 3. The van der Waals surface area contributed by atoms with Crippen molar-refractivity contribution in [3.63, 3.8) is 0 Å². The van der Waals surface area contributed by atoms with Gasteiger partial charge in [-0.25, -0.2) is 4.98 Å². The number of imidazole rings is 1. The summed E-state index contributed by atoms with van der Waals surface area (Å²) in [5, 5.41) is 9.76. The molecule has 0 unspecified atom stereocenters. The SMILES string of the molecule is Cc1c[nH]c(C[S@](=O)c2nc3ccc(O)cc3[nH]2)c(C)c1=O. The molecule has 0 fully saturated rings. The fourth-order valence-corrected chi connectivity index (χ4v) is 3.36. The average molecular weight is 317 g/mol. The number of nitrogens with zero attached hydrogens (tertiary/aromatic N) is 1. The van der Waals surface area contributed by atoms with Gasteiger partial charge in [-0.3, -0.25) is 9.00 Å². The van der Waals surface area contributed by atoms with Crippen LogP contribution in [0.3, 0.4) is 0 Å². The van der Waals surface area contributed by atoms with Gasteiger partial charge in [-0.05, 0) is 26.0 Å². The van der Waals surface area contributed by atoms with Gasteiger partial charge in [-0.15, -0.1) is 0 Å². The second-order valence-corrected chi connectivity index (χ2v) is 6.50. The molecule has 0 aliphatic rings. The maximum absolute atomic E-state index is 12.4. The summed E-state index contributed by atoms with van der Waals surface area (Å²) in [5.74, 6) is 0.292. The van der Waals surface area contributed by atoms with Crippen LogP contribution in [0.2, 0.25) is 0 Å². The molecule has 7 heteroatoms. The highest BCUT2D eigenvalue weighted by molar-refractivity contribution is 7.84. The van der Waals surface area contributed by atoms with Crippen LogP contribution in [0.5, 0.6) is 5.75 Å². The van der Waals surface area contributed by atoms with Gasteiger partial charge in [0.15, 0.2) is 10.6 Å². The highest BCUT2D eigenvalue weighted by Gasteiger charge is 2.14. The lowest BCUT2D eigenvalue weighted by Crippen LogP contribution is -2.14. The van der Waals surface area contributed by atoms with Gasteiger partial charge in [-0.1, -0.05) is 0 Å². The Bertz CT molecular complexity index is 943. The summed E-state index contributed by atoms with van der Waals surface area (Å²) >= 11 is 0. The highest BCUT2D eigenvalue weighted by Crippen LogP contribution is 2.20. The number of fused-ring (bicyclic) bond motifs is 1. The van der Waals surface area contributed by atoms with Crippen LogP contribution in [0, 0.1) is 13.8 Å². The number of aryl methyl sites for hydroxylation is 1. The van der Waals surface area contributed by atoms with Gasteiger partial charge in [0.2, 0.25) is 0 Å². The molecular formula is C15H15N3O3S. The number of H-pyrrole nitrogens is 2. The Morgan fingerprint density at radius 3 is 2.86 bits per heavy atom. The molecular weight excluding hydrogens is 302 g/mol. The molecule has 22 heavy (non-hydrogen) atoms. The quantitative estimate of drug-likeness (QED) is 0.687. The van der Waals surface area contributed by atoms with E-state index in [0.717, 1.165) is 0 Å². The van der Waals surface area contributed by atoms with Crippen LogP contribution in [0.15, 0.2) is 34.3 Å². The van der Waals surface area contributed by atoms with Crippen LogP contribution in [0.1, 0.15) is 16.8 Å². The number of hydrogen-bond acceptors (Lipinski definition) is 4. The standard InChI is InChI=1S/C15H15N3O3S/c1-8-6-16-13(9(2)14(8)20)7-22(21)15-17-11-4-3-10(19)5-12(11)18-15/h3-6,19H,7H2,1-2H3,(H,16,20)(H,17,18)/t22-/m0/s1. The Morgan fingerprint density at radius 1 is 1.32 bits per heavy atom. The van der Waals surface area contributed by atoms with E-state index >= 15 is 0 Å². The summed E-state index contributed by atoms with van der Waals surface area (Å²) in [7, 11) is -1.42.